The molecule has 7 heteroatoms. The van der Waals surface area contributed by atoms with Crippen molar-refractivity contribution < 1.29 is 36.7 Å². The van der Waals surface area contributed by atoms with Gasteiger partial charge in [0.25, 0.3) is 5.69 Å². The van der Waals surface area contributed by atoms with Crippen molar-refractivity contribution in [2.45, 2.75) is 13.5 Å². The first kappa shape index (κ1) is 18.9. The number of halogens is 1. The van der Waals surface area contributed by atoms with E-state index >= 15 is 0 Å². The summed E-state index contributed by atoms with van der Waals surface area (Å²) in [5, 5.41) is 10.7. The zero-order valence-corrected chi connectivity index (χ0v) is 12.9. The lowest BCUT2D eigenvalue weighted by atomic mass is 10.1. The van der Waals surface area contributed by atoms with Gasteiger partial charge in [0.2, 0.25) is 12.3 Å². The van der Waals surface area contributed by atoms with Crippen LogP contribution in [0.3, 0.4) is 0 Å². The molecule has 0 bridgehead atoms. The van der Waals surface area contributed by atoms with Crippen LogP contribution < -0.4 is 21.5 Å². The fourth-order valence-corrected chi connectivity index (χ4v) is 1.78. The smallest absolute Gasteiger partial charge is 0.270 e. The highest BCUT2D eigenvalue weighted by Crippen LogP contribution is 2.13. The van der Waals surface area contributed by atoms with E-state index < -0.39 is 4.92 Å². The third-order valence-electron chi connectivity index (χ3n) is 2.86. The molecule has 0 atom stereocenters. The minimum atomic E-state index is -0.502. The molecule has 0 amide bonds. The first-order valence-electron chi connectivity index (χ1n) is 5.80. The Hall–Kier alpha value is -2.12. The summed E-state index contributed by atoms with van der Waals surface area (Å²) in [4.78, 5) is 22.3. The number of hydrogen-bond donors (Lipinski definition) is 0. The van der Waals surface area contributed by atoms with Crippen molar-refractivity contribution in [3.63, 3.8) is 0 Å². The molecule has 21 heavy (non-hydrogen) atoms. The molecule has 0 fully saturated rings. The topological polar surface area (TPSA) is 95.6 Å². The second-order valence-corrected chi connectivity index (χ2v) is 4.20. The van der Waals surface area contributed by atoms with E-state index in [-0.39, 0.29) is 40.5 Å². The Bertz CT molecular complexity index is 646. The molecule has 1 heterocycles. The molecule has 2 rings (SSSR count). The minimum absolute atomic E-state index is 0. The number of carbonyl (C=O) groups is 1. The molecule has 0 aliphatic rings. The predicted octanol–water partition coefficient (Wildman–Crippen LogP) is -1.75. The molecular formula is C14H15BrN2O4. The van der Waals surface area contributed by atoms with Crippen LogP contribution in [0, 0.1) is 17.0 Å². The van der Waals surface area contributed by atoms with Crippen LogP contribution in [0.1, 0.15) is 16.1 Å². The molecule has 0 radical (unpaired) electrons. The van der Waals surface area contributed by atoms with E-state index in [1.807, 2.05) is 31.3 Å². The van der Waals surface area contributed by atoms with Crippen LogP contribution in [0.15, 0.2) is 48.7 Å². The van der Waals surface area contributed by atoms with Crippen molar-refractivity contribution in [1.82, 2.24) is 0 Å². The molecule has 0 unspecified atom stereocenters. The Balaban J connectivity index is 0.00000200. The molecule has 2 aromatic rings. The van der Waals surface area contributed by atoms with Crippen molar-refractivity contribution in [3.05, 3.63) is 70.0 Å². The monoisotopic (exact) mass is 354 g/mol. The van der Waals surface area contributed by atoms with Crippen LogP contribution in [-0.4, -0.2) is 16.2 Å². The van der Waals surface area contributed by atoms with E-state index in [1.165, 1.54) is 18.2 Å². The third-order valence-corrected chi connectivity index (χ3v) is 2.86. The summed E-state index contributed by atoms with van der Waals surface area (Å²) in [5.74, 6) is -0.150. The first-order valence-corrected chi connectivity index (χ1v) is 5.80. The lowest BCUT2D eigenvalue weighted by molar-refractivity contribution is -0.689. The van der Waals surface area contributed by atoms with Gasteiger partial charge in [-0.25, -0.2) is 0 Å². The molecule has 0 aliphatic carbocycles. The summed E-state index contributed by atoms with van der Waals surface area (Å²) >= 11 is 0. The van der Waals surface area contributed by atoms with Gasteiger partial charge in [-0.3, -0.25) is 14.9 Å². The number of carbonyl (C=O) groups excluding carboxylic acids is 1. The number of non-ortho nitro benzene ring substituents is 1. The average Bonchev–Trinajstić information content (AvgIpc) is 2.41. The summed E-state index contributed by atoms with van der Waals surface area (Å²) in [7, 11) is 0. The van der Waals surface area contributed by atoms with Gasteiger partial charge in [0.15, 0.2) is 11.9 Å². The van der Waals surface area contributed by atoms with Crippen LogP contribution in [0.4, 0.5) is 5.69 Å². The summed E-state index contributed by atoms with van der Waals surface area (Å²) < 4.78 is 1.81. The molecule has 0 saturated heterocycles. The predicted molar refractivity (Wildman–Crippen MR) is 72.4 cm³/mol. The van der Waals surface area contributed by atoms with Gasteiger partial charge in [-0.15, -0.1) is 0 Å². The number of ketones is 1. The van der Waals surface area contributed by atoms with E-state index in [0.29, 0.717) is 5.56 Å². The van der Waals surface area contributed by atoms with Crippen molar-refractivity contribution in [2.75, 3.05) is 0 Å². The number of benzene rings is 1. The van der Waals surface area contributed by atoms with Gasteiger partial charge in [-0.05, 0) is 0 Å². The number of aryl methyl sites for hydroxylation is 1. The quantitative estimate of drug-likeness (QED) is 0.282. The van der Waals surface area contributed by atoms with Crippen LogP contribution in [0.5, 0.6) is 0 Å². The van der Waals surface area contributed by atoms with Gasteiger partial charge in [0.05, 0.1) is 4.92 Å². The maximum Gasteiger partial charge on any atom is 0.270 e. The van der Waals surface area contributed by atoms with E-state index in [9.17, 15) is 14.9 Å². The number of rotatable bonds is 4. The van der Waals surface area contributed by atoms with Crippen LogP contribution in [0.25, 0.3) is 0 Å². The minimum Gasteiger partial charge on any atom is -1.00 e. The molecule has 6 nitrogen and oxygen atoms in total. The summed E-state index contributed by atoms with van der Waals surface area (Å²) in [5.41, 5.74) is 1.24. The van der Waals surface area contributed by atoms with E-state index in [2.05, 4.69) is 0 Å². The largest absolute Gasteiger partial charge is 1.00 e. The maximum atomic E-state index is 12.1. The van der Waals surface area contributed by atoms with E-state index in [0.717, 1.165) is 5.69 Å². The molecule has 1 aromatic carbocycles. The Kier molecular flexibility index (Phi) is 7.40. The molecule has 0 saturated carbocycles. The van der Waals surface area contributed by atoms with Gasteiger partial charge in [0.1, 0.15) is 0 Å². The second kappa shape index (κ2) is 8.23. The van der Waals surface area contributed by atoms with Crippen LogP contribution in [0.2, 0.25) is 0 Å². The molecule has 2 N–H and O–H groups in total. The number of nitrogens with zero attached hydrogens (tertiary/aromatic N) is 2. The van der Waals surface area contributed by atoms with Crippen molar-refractivity contribution in [1.29, 1.82) is 0 Å². The lowest BCUT2D eigenvalue weighted by Crippen LogP contribution is -3.00. The fraction of sp³-hybridized carbons (Fsp3) is 0.143. The van der Waals surface area contributed by atoms with Crippen LogP contribution >= 0.6 is 0 Å². The normalized spacial score (nSPS) is 9.19. The SMILES string of the molecule is Cc1cccc[n+]1CC(=O)c1cccc([N+](=O)[O-])c1.O.[Br-]. The molecule has 0 aliphatic heterocycles. The van der Waals surface area contributed by atoms with Crippen LogP contribution in [-0.2, 0) is 6.54 Å². The summed E-state index contributed by atoms with van der Waals surface area (Å²) in [6.45, 7) is 2.08. The fourth-order valence-electron chi connectivity index (χ4n) is 1.78. The number of pyridine rings is 1. The zero-order chi connectivity index (χ0) is 13.8. The maximum absolute atomic E-state index is 12.1. The van der Waals surface area contributed by atoms with Crippen molar-refractivity contribution in [3.8, 4) is 0 Å². The highest BCUT2D eigenvalue weighted by molar-refractivity contribution is 5.95. The summed E-state index contributed by atoms with van der Waals surface area (Å²) in [6.07, 6.45) is 1.81. The molecule has 0 spiro atoms. The number of hydrogen-bond acceptors (Lipinski definition) is 3. The third kappa shape index (κ3) is 4.73. The van der Waals surface area contributed by atoms with Gasteiger partial charge in [0, 0.05) is 36.8 Å². The Morgan fingerprint density at radius 3 is 2.57 bits per heavy atom. The Morgan fingerprint density at radius 1 is 1.24 bits per heavy atom. The Labute approximate surface area is 132 Å². The number of nitro groups is 1. The van der Waals surface area contributed by atoms with E-state index in [4.69, 9.17) is 0 Å². The van der Waals surface area contributed by atoms with Gasteiger partial charge < -0.3 is 22.5 Å². The number of aromatic nitrogens is 1. The average molecular weight is 355 g/mol. The van der Waals surface area contributed by atoms with E-state index in [1.54, 1.807) is 10.6 Å². The Morgan fingerprint density at radius 2 is 1.95 bits per heavy atom. The first-order chi connectivity index (χ1) is 9.08. The second-order valence-electron chi connectivity index (χ2n) is 4.20. The number of nitro benzene ring substituents is 1. The van der Waals surface area contributed by atoms with Gasteiger partial charge in [-0.2, -0.15) is 4.57 Å². The van der Waals surface area contributed by atoms with Crippen molar-refractivity contribution in [2.24, 2.45) is 0 Å². The molecular weight excluding hydrogens is 340 g/mol. The highest BCUT2D eigenvalue weighted by atomic mass is 79.9. The highest BCUT2D eigenvalue weighted by Gasteiger charge is 2.16. The van der Waals surface area contributed by atoms with Gasteiger partial charge in [-0.1, -0.05) is 18.2 Å². The van der Waals surface area contributed by atoms with Crippen molar-refractivity contribution >= 4 is 11.5 Å². The summed E-state index contributed by atoms with van der Waals surface area (Å²) in [6, 6.07) is 11.4. The standard InChI is InChI=1S/C14H13N2O3.BrH.H2O/c1-11-5-2-3-8-15(11)10-14(17)12-6-4-7-13(9-12)16(18)19;;/h2-9H,10H2,1H3;1H;1H2/q+1;;/p-1. The molecule has 112 valence electrons. The lowest BCUT2D eigenvalue weighted by Gasteiger charge is -2.00. The van der Waals surface area contributed by atoms with Gasteiger partial charge >= 0.3 is 0 Å². The number of Topliss-reactive ketones (excluding diaryl/α,β-unsaturated/α-hetero) is 1. The molecule has 1 aromatic heterocycles. The zero-order valence-electron chi connectivity index (χ0n) is 11.3.